The molecule has 2 heterocycles. The van der Waals surface area contributed by atoms with Crippen LogP contribution in [0.5, 0.6) is 0 Å². The Balaban J connectivity index is 1.19. The molecule has 9 nitrogen and oxygen atoms in total. The first kappa shape index (κ1) is 23.8. The van der Waals surface area contributed by atoms with Gasteiger partial charge in [-0.1, -0.05) is 42.5 Å². The molecule has 3 aromatic carbocycles. The zero-order valence-corrected chi connectivity index (χ0v) is 20.1. The van der Waals surface area contributed by atoms with Crippen LogP contribution in [0, 0.1) is 6.92 Å². The minimum absolute atomic E-state index is 0.102. The Bertz CT molecular complexity index is 1610. The lowest BCUT2D eigenvalue weighted by atomic mass is 10.1. The van der Waals surface area contributed by atoms with Crippen LogP contribution >= 0.6 is 0 Å². The Labute approximate surface area is 211 Å². The third-order valence-electron chi connectivity index (χ3n) is 5.84. The Hall–Kier alpha value is -4.92. The van der Waals surface area contributed by atoms with Gasteiger partial charge in [-0.3, -0.25) is 14.2 Å². The van der Waals surface area contributed by atoms with E-state index in [0.29, 0.717) is 40.6 Å². The topological polar surface area (TPSA) is 119 Å². The molecule has 2 aromatic heterocycles. The summed E-state index contributed by atoms with van der Waals surface area (Å²) in [5.41, 5.74) is 3.91. The number of benzene rings is 3. The molecule has 0 unspecified atom stereocenters. The first-order valence-electron chi connectivity index (χ1n) is 11.7. The largest absolute Gasteiger partial charge is 0.441 e. The fourth-order valence-corrected chi connectivity index (χ4v) is 3.94. The van der Waals surface area contributed by atoms with Gasteiger partial charge in [0, 0.05) is 11.3 Å². The Morgan fingerprint density at radius 2 is 1.62 bits per heavy atom. The number of carbonyl (C=O) groups excluding carboxylic acids is 2. The fraction of sp³-hybridized carbons (Fsp3) is 0.143. The highest BCUT2D eigenvalue weighted by Crippen LogP contribution is 2.23. The second-order valence-corrected chi connectivity index (χ2v) is 8.51. The lowest BCUT2D eigenvalue weighted by Gasteiger charge is -2.06. The van der Waals surface area contributed by atoms with Gasteiger partial charge in [-0.15, -0.1) is 0 Å². The zero-order valence-electron chi connectivity index (χ0n) is 20.1. The number of nitrogens with zero attached hydrogens (tertiary/aromatic N) is 2. The van der Waals surface area contributed by atoms with Gasteiger partial charge in [0.25, 0.3) is 0 Å². The number of hydrogen-bond acceptors (Lipinski definition) is 6. The molecule has 37 heavy (non-hydrogen) atoms. The number of hydrogen-bond donors (Lipinski definition) is 2. The van der Waals surface area contributed by atoms with E-state index in [-0.39, 0.29) is 24.9 Å². The molecule has 0 bridgehead atoms. The van der Waals surface area contributed by atoms with E-state index in [4.69, 9.17) is 8.83 Å². The van der Waals surface area contributed by atoms with Gasteiger partial charge in [0.2, 0.25) is 17.7 Å². The molecule has 2 N–H and O–H groups in total. The number of aromatic nitrogens is 2. The second-order valence-electron chi connectivity index (χ2n) is 8.51. The number of rotatable bonds is 8. The van der Waals surface area contributed by atoms with Gasteiger partial charge in [-0.2, -0.15) is 0 Å². The molecule has 0 saturated carbocycles. The van der Waals surface area contributed by atoms with Gasteiger partial charge in [-0.25, -0.2) is 9.78 Å². The molecule has 0 saturated heterocycles. The molecule has 0 spiro atoms. The Morgan fingerprint density at radius 3 is 2.41 bits per heavy atom. The molecule has 0 fully saturated rings. The van der Waals surface area contributed by atoms with Crippen molar-refractivity contribution >= 4 is 28.6 Å². The van der Waals surface area contributed by atoms with Gasteiger partial charge in [0.1, 0.15) is 18.0 Å². The highest BCUT2D eigenvalue weighted by molar-refractivity contribution is 5.92. The van der Waals surface area contributed by atoms with Crippen molar-refractivity contribution in [3.05, 3.63) is 106 Å². The molecule has 0 aliphatic rings. The normalized spacial score (nSPS) is 10.9. The van der Waals surface area contributed by atoms with E-state index in [0.717, 1.165) is 11.1 Å². The van der Waals surface area contributed by atoms with Crippen LogP contribution in [0.4, 0.5) is 5.69 Å². The summed E-state index contributed by atoms with van der Waals surface area (Å²) in [6, 6.07) is 23.7. The van der Waals surface area contributed by atoms with Gasteiger partial charge in [-0.05, 0) is 48.9 Å². The van der Waals surface area contributed by atoms with Crippen LogP contribution in [0.25, 0.3) is 22.6 Å². The van der Waals surface area contributed by atoms with Crippen LogP contribution < -0.4 is 16.4 Å². The van der Waals surface area contributed by atoms with E-state index in [2.05, 4.69) is 15.6 Å². The third-order valence-corrected chi connectivity index (χ3v) is 5.84. The molecule has 0 atom stereocenters. The van der Waals surface area contributed by atoms with Crippen molar-refractivity contribution in [2.45, 2.75) is 26.4 Å². The molecule has 5 aromatic rings. The average molecular weight is 497 g/mol. The number of nitrogens with one attached hydrogen (secondary N) is 2. The van der Waals surface area contributed by atoms with Crippen LogP contribution in [0.2, 0.25) is 0 Å². The summed E-state index contributed by atoms with van der Waals surface area (Å²) < 4.78 is 12.2. The number of fused-ring (bicyclic) bond motifs is 1. The quantitative estimate of drug-likeness (QED) is 0.334. The van der Waals surface area contributed by atoms with E-state index in [1.165, 1.54) is 4.57 Å². The minimum atomic E-state index is -0.587. The number of anilines is 1. The minimum Gasteiger partial charge on any atom is -0.441 e. The smallest absolute Gasteiger partial charge is 0.420 e. The number of oxazole rings is 2. The van der Waals surface area contributed by atoms with Gasteiger partial charge in [0.15, 0.2) is 5.58 Å². The molecule has 2 amide bonds. The van der Waals surface area contributed by atoms with Crippen LogP contribution in [0.1, 0.15) is 17.0 Å². The molecular formula is C28H24N4O5. The maximum atomic E-state index is 12.5. The second kappa shape index (κ2) is 10.4. The van der Waals surface area contributed by atoms with Crippen molar-refractivity contribution in [1.82, 2.24) is 14.9 Å². The summed E-state index contributed by atoms with van der Waals surface area (Å²) in [7, 11) is 0. The number of carbonyl (C=O) groups is 2. The van der Waals surface area contributed by atoms with E-state index >= 15 is 0 Å². The van der Waals surface area contributed by atoms with Gasteiger partial charge < -0.3 is 19.5 Å². The van der Waals surface area contributed by atoms with Crippen LogP contribution in [0.15, 0.2) is 92.5 Å². The van der Waals surface area contributed by atoms with Gasteiger partial charge >= 0.3 is 5.76 Å². The molecule has 0 aliphatic carbocycles. The van der Waals surface area contributed by atoms with Crippen molar-refractivity contribution in [2.75, 3.05) is 5.32 Å². The van der Waals surface area contributed by atoms with Crippen molar-refractivity contribution in [2.24, 2.45) is 0 Å². The molecular weight excluding hydrogens is 472 g/mol. The Morgan fingerprint density at radius 1 is 0.892 bits per heavy atom. The summed E-state index contributed by atoms with van der Waals surface area (Å²) >= 11 is 0. The lowest BCUT2D eigenvalue weighted by molar-refractivity contribution is -0.122. The monoisotopic (exact) mass is 496 g/mol. The Kier molecular flexibility index (Phi) is 6.67. The SMILES string of the molecule is Cc1oc(-c2ccc(NC(=O)Cc3ccccc3)cc2)nc1CNC(=O)Cn1c(=O)oc2ccccc21. The maximum absolute atomic E-state index is 12.5. The van der Waals surface area contributed by atoms with E-state index in [1.54, 1.807) is 43.3 Å². The number of amides is 2. The molecule has 0 radical (unpaired) electrons. The van der Waals surface area contributed by atoms with Crippen molar-refractivity contribution in [1.29, 1.82) is 0 Å². The van der Waals surface area contributed by atoms with Crippen molar-refractivity contribution in [3.63, 3.8) is 0 Å². The number of para-hydroxylation sites is 2. The highest BCUT2D eigenvalue weighted by atomic mass is 16.4. The maximum Gasteiger partial charge on any atom is 0.420 e. The van der Waals surface area contributed by atoms with Crippen LogP contribution in [-0.4, -0.2) is 21.4 Å². The van der Waals surface area contributed by atoms with Gasteiger partial charge in [0.05, 0.1) is 18.5 Å². The van der Waals surface area contributed by atoms with E-state index in [9.17, 15) is 14.4 Å². The first-order chi connectivity index (χ1) is 18.0. The van der Waals surface area contributed by atoms with Crippen LogP contribution in [-0.2, 0) is 29.1 Å². The predicted molar refractivity (Wildman–Crippen MR) is 138 cm³/mol. The third kappa shape index (κ3) is 5.51. The van der Waals surface area contributed by atoms with Crippen LogP contribution in [0.3, 0.4) is 0 Å². The summed E-state index contributed by atoms with van der Waals surface area (Å²) in [5, 5.41) is 5.66. The predicted octanol–water partition coefficient (Wildman–Crippen LogP) is 4.06. The summed E-state index contributed by atoms with van der Waals surface area (Å²) in [6.07, 6.45) is 0.294. The van der Waals surface area contributed by atoms with Crippen molar-refractivity contribution < 1.29 is 18.4 Å². The molecule has 186 valence electrons. The summed E-state index contributed by atoms with van der Waals surface area (Å²) in [5.74, 6) is -0.0683. The number of aryl methyl sites for hydroxylation is 1. The first-order valence-corrected chi connectivity index (χ1v) is 11.7. The molecule has 5 rings (SSSR count). The zero-order chi connectivity index (χ0) is 25.8. The summed E-state index contributed by atoms with van der Waals surface area (Å²) in [4.78, 5) is 41.4. The fourth-order valence-electron chi connectivity index (χ4n) is 3.94. The van der Waals surface area contributed by atoms with E-state index in [1.807, 2.05) is 42.5 Å². The molecule has 0 aliphatic heterocycles. The lowest BCUT2D eigenvalue weighted by Crippen LogP contribution is -2.30. The average Bonchev–Trinajstić information content (AvgIpc) is 3.42. The standard InChI is InChI=1S/C28H24N4O5/c1-18-22(16-29-26(34)17-32-23-9-5-6-10-24(23)37-28(32)35)31-27(36-18)20-11-13-21(14-12-20)30-25(33)15-19-7-3-2-4-8-19/h2-14H,15-17H2,1H3,(H,29,34)(H,30,33). The molecule has 9 heteroatoms. The highest BCUT2D eigenvalue weighted by Gasteiger charge is 2.15. The van der Waals surface area contributed by atoms with E-state index < -0.39 is 5.76 Å². The summed E-state index contributed by atoms with van der Waals surface area (Å²) in [6.45, 7) is 1.74. The van der Waals surface area contributed by atoms with Crippen molar-refractivity contribution in [3.8, 4) is 11.5 Å².